The van der Waals surface area contributed by atoms with Crippen LogP contribution in [-0.2, 0) is 0 Å². The van der Waals surface area contributed by atoms with Gasteiger partial charge >= 0.3 is 0 Å². The standard InChI is InChI=1S/C15H9F2N3OS/c16-13-3-2-10(7-14(13)17)21-11-6-12(9-18-8-11)22-15-19-4-1-5-20-15/h1-9H. The summed E-state index contributed by atoms with van der Waals surface area (Å²) in [6.07, 6.45) is 6.41. The SMILES string of the molecule is Fc1ccc(Oc2cncc(Sc3ncccn3)c2)cc1F. The lowest BCUT2D eigenvalue weighted by molar-refractivity contribution is 0.459. The highest BCUT2D eigenvalue weighted by molar-refractivity contribution is 7.99. The van der Waals surface area contributed by atoms with Gasteiger partial charge in [-0.15, -0.1) is 0 Å². The maximum atomic E-state index is 13.2. The highest BCUT2D eigenvalue weighted by Gasteiger charge is 2.06. The zero-order valence-electron chi connectivity index (χ0n) is 11.1. The first kappa shape index (κ1) is 14.4. The second kappa shape index (κ2) is 6.48. The van der Waals surface area contributed by atoms with E-state index in [9.17, 15) is 8.78 Å². The zero-order chi connectivity index (χ0) is 15.4. The Bertz CT molecular complexity index is 787. The summed E-state index contributed by atoms with van der Waals surface area (Å²) in [5.41, 5.74) is 0. The number of ether oxygens (including phenoxy) is 1. The third-order valence-electron chi connectivity index (χ3n) is 2.57. The summed E-state index contributed by atoms with van der Waals surface area (Å²) in [4.78, 5) is 13.0. The minimum Gasteiger partial charge on any atom is -0.456 e. The Morgan fingerprint density at radius 2 is 1.73 bits per heavy atom. The largest absolute Gasteiger partial charge is 0.456 e. The second-order valence-electron chi connectivity index (χ2n) is 4.17. The molecule has 0 N–H and O–H groups in total. The number of nitrogens with zero attached hydrogens (tertiary/aromatic N) is 3. The van der Waals surface area contributed by atoms with E-state index in [-0.39, 0.29) is 5.75 Å². The molecule has 3 rings (SSSR count). The summed E-state index contributed by atoms with van der Waals surface area (Å²) in [5.74, 6) is -1.28. The molecule has 7 heteroatoms. The molecule has 0 unspecified atom stereocenters. The van der Waals surface area contributed by atoms with Crippen LogP contribution < -0.4 is 4.74 Å². The minimum absolute atomic E-state index is 0.193. The van der Waals surface area contributed by atoms with E-state index in [1.165, 1.54) is 24.0 Å². The van der Waals surface area contributed by atoms with E-state index in [0.29, 0.717) is 10.9 Å². The molecule has 110 valence electrons. The van der Waals surface area contributed by atoms with Crippen LogP contribution in [0.25, 0.3) is 0 Å². The van der Waals surface area contributed by atoms with Gasteiger partial charge in [0.05, 0.1) is 6.20 Å². The average molecular weight is 317 g/mol. The summed E-state index contributed by atoms with van der Waals surface area (Å²) in [6.45, 7) is 0. The molecular formula is C15H9F2N3OS. The van der Waals surface area contributed by atoms with Crippen molar-refractivity contribution in [2.24, 2.45) is 0 Å². The fourth-order valence-corrected chi connectivity index (χ4v) is 2.36. The smallest absolute Gasteiger partial charge is 0.192 e. The minimum atomic E-state index is -0.964. The Hall–Kier alpha value is -2.54. The van der Waals surface area contributed by atoms with Crippen LogP contribution in [0.2, 0.25) is 0 Å². The maximum absolute atomic E-state index is 13.2. The molecule has 4 nitrogen and oxygen atoms in total. The van der Waals surface area contributed by atoms with Crippen LogP contribution in [0, 0.1) is 11.6 Å². The van der Waals surface area contributed by atoms with Crippen LogP contribution in [0.15, 0.2) is 65.2 Å². The van der Waals surface area contributed by atoms with E-state index < -0.39 is 11.6 Å². The number of hydrogen-bond donors (Lipinski definition) is 0. The lowest BCUT2D eigenvalue weighted by Gasteiger charge is -2.07. The second-order valence-corrected chi connectivity index (χ2v) is 5.21. The summed E-state index contributed by atoms with van der Waals surface area (Å²) in [7, 11) is 0. The van der Waals surface area contributed by atoms with Gasteiger partial charge in [-0.3, -0.25) is 4.98 Å². The van der Waals surface area contributed by atoms with Gasteiger partial charge in [0.1, 0.15) is 11.5 Å². The van der Waals surface area contributed by atoms with E-state index in [1.54, 1.807) is 30.7 Å². The molecule has 0 radical (unpaired) electrons. The fourth-order valence-electron chi connectivity index (χ4n) is 1.63. The van der Waals surface area contributed by atoms with Gasteiger partial charge < -0.3 is 4.74 Å². The number of hydrogen-bond acceptors (Lipinski definition) is 5. The molecule has 0 spiro atoms. The molecule has 0 fully saturated rings. The highest BCUT2D eigenvalue weighted by Crippen LogP contribution is 2.29. The number of aromatic nitrogens is 3. The van der Waals surface area contributed by atoms with Gasteiger partial charge in [0, 0.05) is 29.6 Å². The number of halogens is 2. The molecule has 0 saturated heterocycles. The number of pyridine rings is 1. The van der Waals surface area contributed by atoms with Crippen molar-refractivity contribution in [2.45, 2.75) is 10.1 Å². The first-order chi connectivity index (χ1) is 10.7. The molecule has 0 aliphatic carbocycles. The van der Waals surface area contributed by atoms with Gasteiger partial charge in [0.2, 0.25) is 0 Å². The van der Waals surface area contributed by atoms with Crippen molar-refractivity contribution in [3.05, 3.63) is 66.8 Å². The van der Waals surface area contributed by atoms with Crippen LogP contribution in [0.1, 0.15) is 0 Å². The van der Waals surface area contributed by atoms with Gasteiger partial charge in [-0.05, 0) is 36.0 Å². The van der Waals surface area contributed by atoms with Crippen LogP contribution in [0.5, 0.6) is 11.5 Å². The van der Waals surface area contributed by atoms with Crippen molar-refractivity contribution in [1.82, 2.24) is 15.0 Å². The zero-order valence-corrected chi connectivity index (χ0v) is 11.9. The molecule has 0 saturated carbocycles. The van der Waals surface area contributed by atoms with Crippen LogP contribution >= 0.6 is 11.8 Å². The van der Waals surface area contributed by atoms with Gasteiger partial charge in [0.25, 0.3) is 0 Å². The third-order valence-corrected chi connectivity index (χ3v) is 3.42. The van der Waals surface area contributed by atoms with Crippen LogP contribution in [-0.4, -0.2) is 15.0 Å². The first-order valence-corrected chi connectivity index (χ1v) is 7.05. The highest BCUT2D eigenvalue weighted by atomic mass is 32.2. The predicted molar refractivity (Wildman–Crippen MR) is 76.8 cm³/mol. The first-order valence-electron chi connectivity index (χ1n) is 6.23. The molecule has 2 heterocycles. The Morgan fingerprint density at radius 3 is 2.50 bits per heavy atom. The van der Waals surface area contributed by atoms with Crippen LogP contribution in [0.3, 0.4) is 0 Å². The summed E-state index contributed by atoms with van der Waals surface area (Å²) in [6, 6.07) is 6.78. The maximum Gasteiger partial charge on any atom is 0.192 e. The molecule has 3 aromatic rings. The molecular weight excluding hydrogens is 308 g/mol. The van der Waals surface area contributed by atoms with E-state index >= 15 is 0 Å². The molecule has 1 aromatic carbocycles. The summed E-state index contributed by atoms with van der Waals surface area (Å²) < 4.78 is 31.5. The van der Waals surface area contributed by atoms with Crippen molar-refractivity contribution < 1.29 is 13.5 Å². The number of benzene rings is 1. The van der Waals surface area contributed by atoms with Crippen LogP contribution in [0.4, 0.5) is 8.78 Å². The Balaban J connectivity index is 1.77. The van der Waals surface area contributed by atoms with E-state index in [1.807, 2.05) is 0 Å². The van der Waals surface area contributed by atoms with Gasteiger partial charge in [-0.25, -0.2) is 18.7 Å². The van der Waals surface area contributed by atoms with Crippen molar-refractivity contribution in [3.8, 4) is 11.5 Å². The molecule has 0 aliphatic heterocycles. The van der Waals surface area contributed by atoms with Gasteiger partial charge in [0.15, 0.2) is 16.8 Å². The van der Waals surface area contributed by atoms with E-state index in [4.69, 9.17) is 4.74 Å². The molecule has 0 bridgehead atoms. The Labute approximate surface area is 129 Å². The monoisotopic (exact) mass is 317 g/mol. The lowest BCUT2D eigenvalue weighted by atomic mass is 10.3. The third kappa shape index (κ3) is 3.56. The van der Waals surface area contributed by atoms with Crippen molar-refractivity contribution >= 4 is 11.8 Å². The lowest BCUT2D eigenvalue weighted by Crippen LogP contribution is -1.90. The molecule has 0 aliphatic rings. The van der Waals surface area contributed by atoms with E-state index in [2.05, 4.69) is 15.0 Å². The molecule has 0 atom stereocenters. The molecule has 22 heavy (non-hydrogen) atoms. The molecule has 0 amide bonds. The quantitative estimate of drug-likeness (QED) is 0.678. The van der Waals surface area contributed by atoms with Crippen molar-refractivity contribution in [3.63, 3.8) is 0 Å². The van der Waals surface area contributed by atoms with Gasteiger partial charge in [-0.1, -0.05) is 0 Å². The van der Waals surface area contributed by atoms with Crippen molar-refractivity contribution in [2.75, 3.05) is 0 Å². The molecule has 2 aromatic heterocycles. The van der Waals surface area contributed by atoms with Crippen molar-refractivity contribution in [1.29, 1.82) is 0 Å². The Morgan fingerprint density at radius 1 is 0.909 bits per heavy atom. The predicted octanol–water partition coefficient (Wildman–Crippen LogP) is 4.09. The normalized spacial score (nSPS) is 10.5. The average Bonchev–Trinajstić information content (AvgIpc) is 2.52. The van der Waals surface area contributed by atoms with Gasteiger partial charge in [-0.2, -0.15) is 0 Å². The topological polar surface area (TPSA) is 47.9 Å². The summed E-state index contributed by atoms with van der Waals surface area (Å²) >= 11 is 1.32. The summed E-state index contributed by atoms with van der Waals surface area (Å²) in [5, 5.41) is 0.578. The van der Waals surface area contributed by atoms with E-state index in [0.717, 1.165) is 17.0 Å². The number of rotatable bonds is 4. The Kier molecular flexibility index (Phi) is 4.24. The fraction of sp³-hybridized carbons (Fsp3) is 0.